The fourth-order valence-electron chi connectivity index (χ4n) is 3.43. The number of nitrogens with zero attached hydrogens (tertiary/aromatic N) is 3. The zero-order valence-electron chi connectivity index (χ0n) is 10.7. The van der Waals surface area contributed by atoms with E-state index in [9.17, 15) is 0 Å². The number of rotatable bonds is 2. The number of nitrogen functional groups attached to an aromatic ring is 1. The average molecular weight is 247 g/mol. The molecule has 1 aliphatic heterocycles. The van der Waals surface area contributed by atoms with Crippen molar-refractivity contribution in [1.82, 2.24) is 9.97 Å². The van der Waals surface area contributed by atoms with Crippen molar-refractivity contribution < 1.29 is 0 Å². The molecule has 0 aromatic carbocycles. The van der Waals surface area contributed by atoms with Crippen molar-refractivity contribution in [2.24, 2.45) is 11.3 Å². The molecule has 18 heavy (non-hydrogen) atoms. The Balaban J connectivity index is 1.68. The van der Waals surface area contributed by atoms with E-state index in [1.807, 2.05) is 6.07 Å². The topological polar surface area (TPSA) is 67.1 Å². The first-order valence-corrected chi connectivity index (χ1v) is 6.86. The van der Waals surface area contributed by atoms with E-state index in [2.05, 4.69) is 20.3 Å². The van der Waals surface area contributed by atoms with Crippen LogP contribution in [0.5, 0.6) is 0 Å². The lowest BCUT2D eigenvalue weighted by Crippen LogP contribution is -2.39. The second kappa shape index (κ2) is 4.72. The van der Waals surface area contributed by atoms with Gasteiger partial charge in [0, 0.05) is 19.3 Å². The Hall–Kier alpha value is -1.36. The lowest BCUT2D eigenvalue weighted by atomic mass is 9.77. The summed E-state index contributed by atoms with van der Waals surface area (Å²) in [7, 11) is 0. The molecule has 1 spiro atoms. The van der Waals surface area contributed by atoms with Crippen LogP contribution in [0.25, 0.3) is 0 Å². The van der Waals surface area contributed by atoms with Gasteiger partial charge in [-0.3, -0.25) is 5.43 Å². The second-order valence-electron chi connectivity index (χ2n) is 5.58. The minimum absolute atomic E-state index is 0.494. The third kappa shape index (κ3) is 2.14. The zero-order chi connectivity index (χ0) is 12.4. The van der Waals surface area contributed by atoms with Gasteiger partial charge >= 0.3 is 0 Å². The van der Waals surface area contributed by atoms with E-state index in [1.165, 1.54) is 38.5 Å². The molecular formula is C13H21N5. The van der Waals surface area contributed by atoms with E-state index >= 15 is 0 Å². The average Bonchev–Trinajstić information content (AvgIpc) is 2.88. The smallest absolute Gasteiger partial charge is 0.239 e. The molecule has 2 aliphatic rings. The van der Waals surface area contributed by atoms with E-state index in [4.69, 9.17) is 5.84 Å². The molecule has 98 valence electrons. The number of hydrazine groups is 1. The summed E-state index contributed by atoms with van der Waals surface area (Å²) in [5, 5.41) is 0. The number of piperidine rings is 1. The van der Waals surface area contributed by atoms with Gasteiger partial charge in [0.2, 0.25) is 5.95 Å². The first-order chi connectivity index (χ1) is 8.81. The molecule has 5 nitrogen and oxygen atoms in total. The van der Waals surface area contributed by atoms with Gasteiger partial charge in [0.25, 0.3) is 0 Å². The van der Waals surface area contributed by atoms with Crippen LogP contribution in [0, 0.1) is 5.41 Å². The fraction of sp³-hybridized carbons (Fsp3) is 0.692. The zero-order valence-corrected chi connectivity index (χ0v) is 10.7. The van der Waals surface area contributed by atoms with Crippen molar-refractivity contribution in [3.05, 3.63) is 12.3 Å². The number of anilines is 2. The molecule has 0 atom stereocenters. The third-order valence-corrected chi connectivity index (χ3v) is 4.58. The number of hydrogen-bond acceptors (Lipinski definition) is 5. The second-order valence-corrected chi connectivity index (χ2v) is 5.58. The van der Waals surface area contributed by atoms with Crippen molar-refractivity contribution in [1.29, 1.82) is 0 Å². The Morgan fingerprint density at radius 2 is 1.89 bits per heavy atom. The summed E-state index contributed by atoms with van der Waals surface area (Å²) in [6, 6.07) is 1.97. The van der Waals surface area contributed by atoms with Crippen molar-refractivity contribution in [2.75, 3.05) is 23.4 Å². The summed E-state index contributed by atoms with van der Waals surface area (Å²) in [5.74, 6) is 6.83. The van der Waals surface area contributed by atoms with Gasteiger partial charge in [-0.05, 0) is 37.2 Å². The number of nitrogens with one attached hydrogen (secondary N) is 1. The molecule has 0 bridgehead atoms. The molecule has 2 heterocycles. The maximum atomic E-state index is 5.35. The summed E-state index contributed by atoms with van der Waals surface area (Å²) in [6.45, 7) is 2.22. The molecule has 0 unspecified atom stereocenters. The molecule has 1 aromatic heterocycles. The SMILES string of the molecule is NNc1nccc(N2CCC3(CCCC3)CC2)n1. The summed E-state index contributed by atoms with van der Waals surface area (Å²) >= 11 is 0. The minimum Gasteiger partial charge on any atom is -0.356 e. The van der Waals surface area contributed by atoms with E-state index in [0.29, 0.717) is 11.4 Å². The summed E-state index contributed by atoms with van der Waals surface area (Å²) in [6.07, 6.45) is 10.1. The van der Waals surface area contributed by atoms with E-state index < -0.39 is 0 Å². The van der Waals surface area contributed by atoms with Gasteiger partial charge in [0.15, 0.2) is 0 Å². The van der Waals surface area contributed by atoms with Gasteiger partial charge in [-0.1, -0.05) is 12.8 Å². The molecule has 2 fully saturated rings. The maximum absolute atomic E-state index is 5.35. The van der Waals surface area contributed by atoms with Gasteiger partial charge in [-0.15, -0.1) is 0 Å². The van der Waals surface area contributed by atoms with Crippen LogP contribution in [-0.2, 0) is 0 Å². The highest BCUT2D eigenvalue weighted by Gasteiger charge is 2.37. The Bertz CT molecular complexity index is 404. The molecule has 0 amide bonds. The Kier molecular flexibility index (Phi) is 3.07. The normalized spacial score (nSPS) is 22.4. The molecule has 3 N–H and O–H groups in total. The van der Waals surface area contributed by atoms with Crippen LogP contribution < -0.4 is 16.2 Å². The highest BCUT2D eigenvalue weighted by molar-refractivity contribution is 5.42. The molecule has 0 radical (unpaired) electrons. The van der Waals surface area contributed by atoms with Crippen LogP contribution in [0.2, 0.25) is 0 Å². The van der Waals surface area contributed by atoms with Crippen LogP contribution >= 0.6 is 0 Å². The van der Waals surface area contributed by atoms with Gasteiger partial charge < -0.3 is 4.90 Å². The van der Waals surface area contributed by atoms with Gasteiger partial charge in [-0.2, -0.15) is 4.98 Å². The molecule has 1 aromatic rings. The molecule has 5 heteroatoms. The lowest BCUT2D eigenvalue weighted by Gasteiger charge is -2.39. The lowest BCUT2D eigenvalue weighted by molar-refractivity contribution is 0.226. The molecule has 3 rings (SSSR count). The first-order valence-electron chi connectivity index (χ1n) is 6.86. The van der Waals surface area contributed by atoms with Crippen molar-refractivity contribution in [3.8, 4) is 0 Å². The van der Waals surface area contributed by atoms with E-state index in [-0.39, 0.29) is 0 Å². The highest BCUT2D eigenvalue weighted by Crippen LogP contribution is 2.46. The quantitative estimate of drug-likeness (QED) is 0.617. The fourth-order valence-corrected chi connectivity index (χ4v) is 3.43. The van der Waals surface area contributed by atoms with E-state index in [1.54, 1.807) is 6.20 Å². The van der Waals surface area contributed by atoms with Gasteiger partial charge in [0.05, 0.1) is 0 Å². The molecule has 1 saturated heterocycles. The van der Waals surface area contributed by atoms with Gasteiger partial charge in [-0.25, -0.2) is 10.8 Å². The van der Waals surface area contributed by atoms with Crippen LogP contribution in [0.15, 0.2) is 12.3 Å². The summed E-state index contributed by atoms with van der Waals surface area (Å²) in [5.41, 5.74) is 3.16. The Morgan fingerprint density at radius 1 is 1.17 bits per heavy atom. The largest absolute Gasteiger partial charge is 0.356 e. The van der Waals surface area contributed by atoms with E-state index in [0.717, 1.165) is 18.9 Å². The maximum Gasteiger partial charge on any atom is 0.239 e. The van der Waals surface area contributed by atoms with Crippen LogP contribution in [-0.4, -0.2) is 23.1 Å². The van der Waals surface area contributed by atoms with Crippen LogP contribution in [0.3, 0.4) is 0 Å². The number of nitrogens with two attached hydrogens (primary N) is 1. The van der Waals surface area contributed by atoms with Crippen LogP contribution in [0.4, 0.5) is 11.8 Å². The standard InChI is InChI=1S/C13H21N5/c14-17-12-15-8-3-11(16-12)18-9-6-13(7-10-18)4-1-2-5-13/h3,8H,1-2,4-7,9-10,14H2,(H,15,16,17). The minimum atomic E-state index is 0.494. The van der Waals surface area contributed by atoms with Crippen molar-refractivity contribution in [3.63, 3.8) is 0 Å². The molecular weight excluding hydrogens is 226 g/mol. The summed E-state index contributed by atoms with van der Waals surface area (Å²) in [4.78, 5) is 10.8. The van der Waals surface area contributed by atoms with Crippen molar-refractivity contribution in [2.45, 2.75) is 38.5 Å². The molecule has 1 aliphatic carbocycles. The van der Waals surface area contributed by atoms with Crippen molar-refractivity contribution >= 4 is 11.8 Å². The van der Waals surface area contributed by atoms with Gasteiger partial charge in [0.1, 0.15) is 5.82 Å². The van der Waals surface area contributed by atoms with Crippen LogP contribution in [0.1, 0.15) is 38.5 Å². The Morgan fingerprint density at radius 3 is 2.56 bits per heavy atom. The predicted octanol–water partition coefficient (Wildman–Crippen LogP) is 1.92. The first kappa shape index (κ1) is 11.7. The predicted molar refractivity (Wildman–Crippen MR) is 72.2 cm³/mol. The summed E-state index contributed by atoms with van der Waals surface area (Å²) < 4.78 is 0. The third-order valence-electron chi connectivity index (χ3n) is 4.58. The Labute approximate surface area is 108 Å². The monoisotopic (exact) mass is 247 g/mol. The molecule has 1 saturated carbocycles. The number of aromatic nitrogens is 2. The number of hydrogen-bond donors (Lipinski definition) is 2. The highest BCUT2D eigenvalue weighted by atomic mass is 15.3.